The normalized spacial score (nSPS) is 15.4. The van der Waals surface area contributed by atoms with E-state index in [4.69, 9.17) is 11.6 Å². The summed E-state index contributed by atoms with van der Waals surface area (Å²) in [5.41, 5.74) is 3.46. The second-order valence-electron chi connectivity index (χ2n) is 10.4. The lowest BCUT2D eigenvalue weighted by molar-refractivity contribution is 0.443. The molecule has 0 saturated heterocycles. The van der Waals surface area contributed by atoms with Gasteiger partial charge in [0.15, 0.2) is 0 Å². The van der Waals surface area contributed by atoms with E-state index in [1.165, 1.54) is 6.20 Å². The maximum Gasteiger partial charge on any atom is 0.109 e. The fourth-order valence-electron chi connectivity index (χ4n) is 4.04. The number of hydrogen-bond donors (Lipinski definition) is 2. The molecular formula is C28H27ClN8. The molecule has 186 valence electrons. The molecule has 0 spiro atoms. The molecule has 2 heterocycles. The van der Waals surface area contributed by atoms with Crippen molar-refractivity contribution >= 4 is 33.9 Å². The summed E-state index contributed by atoms with van der Waals surface area (Å²) in [5, 5.41) is 35.6. The number of rotatable bonds is 7. The van der Waals surface area contributed by atoms with Crippen molar-refractivity contribution in [3.63, 3.8) is 0 Å². The molecule has 1 fully saturated rings. The number of anilines is 2. The van der Waals surface area contributed by atoms with Gasteiger partial charge in [-0.1, -0.05) is 49.7 Å². The van der Waals surface area contributed by atoms with Crippen LogP contribution in [0.1, 0.15) is 69.4 Å². The van der Waals surface area contributed by atoms with Crippen molar-refractivity contribution in [3.05, 3.63) is 76.2 Å². The summed E-state index contributed by atoms with van der Waals surface area (Å²) >= 11 is 6.69. The van der Waals surface area contributed by atoms with Crippen LogP contribution in [-0.2, 0) is 0 Å². The van der Waals surface area contributed by atoms with Gasteiger partial charge in [0.2, 0.25) is 0 Å². The van der Waals surface area contributed by atoms with Gasteiger partial charge >= 0.3 is 0 Å². The van der Waals surface area contributed by atoms with E-state index in [-0.39, 0.29) is 5.41 Å². The van der Waals surface area contributed by atoms with Crippen LogP contribution in [0.15, 0.2) is 48.8 Å². The Hall–Kier alpha value is -4.14. The Labute approximate surface area is 222 Å². The molecule has 1 aliphatic carbocycles. The van der Waals surface area contributed by atoms with Crippen molar-refractivity contribution < 1.29 is 1.37 Å². The highest BCUT2D eigenvalue weighted by molar-refractivity contribution is 6.35. The number of halogens is 1. The molecule has 0 radical (unpaired) electrons. The molecule has 1 aliphatic rings. The molecule has 0 bridgehead atoms. The Morgan fingerprint density at radius 1 is 1.22 bits per heavy atom. The maximum absolute atomic E-state index is 9.78. The second-order valence-corrected chi connectivity index (χ2v) is 10.8. The molecular weight excluding hydrogens is 484 g/mol. The van der Waals surface area contributed by atoms with Crippen molar-refractivity contribution in [1.29, 1.82) is 10.5 Å². The van der Waals surface area contributed by atoms with Gasteiger partial charge in [-0.05, 0) is 48.1 Å². The zero-order valence-corrected chi connectivity index (χ0v) is 21.6. The average Bonchev–Trinajstić information content (AvgIpc) is 3.62. The Balaban J connectivity index is 1.64. The summed E-state index contributed by atoms with van der Waals surface area (Å²) in [5.74, 6) is 0. The fourth-order valence-corrected chi connectivity index (χ4v) is 4.31. The summed E-state index contributed by atoms with van der Waals surface area (Å²) in [6.45, 7) is 6.94. The van der Waals surface area contributed by atoms with Gasteiger partial charge in [-0.3, -0.25) is 4.98 Å². The number of fused-ring (bicyclic) bond motifs is 1. The first-order valence-corrected chi connectivity index (χ1v) is 12.5. The molecule has 0 aliphatic heterocycles. The Morgan fingerprint density at radius 3 is 2.73 bits per heavy atom. The highest BCUT2D eigenvalue weighted by atomic mass is 35.5. The van der Waals surface area contributed by atoms with Crippen molar-refractivity contribution in [2.24, 2.45) is 5.41 Å². The molecule has 1 saturated carbocycles. The van der Waals surface area contributed by atoms with E-state index in [2.05, 4.69) is 58.8 Å². The molecule has 2 N–H and O–H groups in total. The van der Waals surface area contributed by atoms with Crippen LogP contribution in [0.5, 0.6) is 0 Å². The summed E-state index contributed by atoms with van der Waals surface area (Å²) in [7, 11) is 0. The van der Waals surface area contributed by atoms with Crippen molar-refractivity contribution in [2.75, 3.05) is 17.2 Å². The number of hydrogen-bond acceptors (Lipinski definition) is 7. The van der Waals surface area contributed by atoms with Gasteiger partial charge in [-0.15, -0.1) is 5.10 Å². The zero-order chi connectivity index (χ0) is 27.1. The number of nitrogens with zero attached hydrogens (tertiary/aromatic N) is 6. The van der Waals surface area contributed by atoms with E-state index in [1.807, 2.05) is 6.07 Å². The van der Waals surface area contributed by atoms with Crippen LogP contribution in [0.3, 0.4) is 0 Å². The molecule has 8 nitrogen and oxygen atoms in total. The molecule has 4 aromatic rings. The van der Waals surface area contributed by atoms with E-state index in [0.29, 0.717) is 62.3 Å². The predicted octanol–water partition coefficient (Wildman–Crippen LogP) is 6.22. The van der Waals surface area contributed by atoms with Gasteiger partial charge in [0.1, 0.15) is 11.8 Å². The first kappa shape index (κ1) is 23.3. The molecule has 9 heteroatoms. The molecule has 0 amide bonds. The third-order valence-corrected chi connectivity index (χ3v) is 6.37. The minimum Gasteiger partial charge on any atom is -0.383 e. The highest BCUT2D eigenvalue weighted by Crippen LogP contribution is 2.37. The predicted molar refractivity (Wildman–Crippen MR) is 144 cm³/mol. The van der Waals surface area contributed by atoms with Gasteiger partial charge in [0.05, 0.1) is 53.1 Å². The lowest BCUT2D eigenvalue weighted by Crippen LogP contribution is -2.20. The quantitative estimate of drug-likeness (QED) is 0.302. The highest BCUT2D eigenvalue weighted by Gasteiger charge is 2.27. The fraction of sp³-hybridized carbons (Fsp3) is 0.321. The number of pyridine rings is 1. The third-order valence-electron chi connectivity index (χ3n) is 6.08. The summed E-state index contributed by atoms with van der Waals surface area (Å²) in [6.07, 6.45) is 5.36. The topological polar surface area (TPSA) is 115 Å². The first-order valence-electron chi connectivity index (χ1n) is 12.6. The minimum atomic E-state index is -1.57. The van der Waals surface area contributed by atoms with Crippen molar-refractivity contribution in [1.82, 2.24) is 20.0 Å². The molecule has 5 rings (SSSR count). The molecule has 0 unspecified atom stereocenters. The SMILES string of the molecule is [2H][C@](Nc1cc(Cl)c2ncc(C#N)c(NCC(C)(C)C)c2c1)(c1cccc(C#N)c1)c1cn(C2CC2)nn1. The monoisotopic (exact) mass is 511 g/mol. The van der Waals surface area contributed by atoms with Crippen LogP contribution < -0.4 is 10.6 Å². The Bertz CT molecular complexity index is 1610. The van der Waals surface area contributed by atoms with Crippen LogP contribution in [-0.4, -0.2) is 26.5 Å². The van der Waals surface area contributed by atoms with Crippen LogP contribution >= 0.6 is 11.6 Å². The Kier molecular flexibility index (Phi) is 6.12. The van der Waals surface area contributed by atoms with Gasteiger partial charge in [0, 0.05) is 23.8 Å². The molecule has 2 aromatic heterocycles. The summed E-state index contributed by atoms with van der Waals surface area (Å²) in [4.78, 5) is 4.43. The van der Waals surface area contributed by atoms with Crippen molar-refractivity contribution in [3.8, 4) is 12.1 Å². The van der Waals surface area contributed by atoms with Gasteiger partial charge in [-0.2, -0.15) is 10.5 Å². The summed E-state index contributed by atoms with van der Waals surface area (Å²) < 4.78 is 11.4. The second kappa shape index (κ2) is 9.72. The summed E-state index contributed by atoms with van der Waals surface area (Å²) in [6, 6.07) is 13.5. The lowest BCUT2D eigenvalue weighted by atomic mass is 9.96. The van der Waals surface area contributed by atoms with Gasteiger partial charge < -0.3 is 10.6 Å². The number of aromatic nitrogens is 4. The lowest BCUT2D eigenvalue weighted by Gasteiger charge is -2.22. The molecule has 37 heavy (non-hydrogen) atoms. The van der Waals surface area contributed by atoms with E-state index in [0.717, 1.165) is 12.8 Å². The Morgan fingerprint density at radius 2 is 2.03 bits per heavy atom. The minimum absolute atomic E-state index is 0.0303. The van der Waals surface area contributed by atoms with Crippen LogP contribution in [0.25, 0.3) is 10.9 Å². The van der Waals surface area contributed by atoms with E-state index in [9.17, 15) is 11.9 Å². The average molecular weight is 512 g/mol. The van der Waals surface area contributed by atoms with Crippen LogP contribution in [0.2, 0.25) is 5.02 Å². The van der Waals surface area contributed by atoms with Gasteiger partial charge in [0.25, 0.3) is 0 Å². The first-order chi connectivity index (χ1) is 18.1. The maximum atomic E-state index is 9.78. The zero-order valence-electron chi connectivity index (χ0n) is 21.9. The number of nitriles is 2. The van der Waals surface area contributed by atoms with Crippen LogP contribution in [0, 0.1) is 28.1 Å². The number of benzene rings is 2. The molecule has 1 atom stereocenters. The molecule has 2 aromatic carbocycles. The van der Waals surface area contributed by atoms with E-state index in [1.54, 1.807) is 41.2 Å². The van der Waals surface area contributed by atoms with E-state index < -0.39 is 6.02 Å². The van der Waals surface area contributed by atoms with Crippen LogP contribution in [0.4, 0.5) is 11.4 Å². The van der Waals surface area contributed by atoms with E-state index >= 15 is 0 Å². The smallest absolute Gasteiger partial charge is 0.109 e. The third kappa shape index (κ3) is 5.35. The standard InChI is InChI=1S/C28H27ClN8/c1-28(2,3)16-33-25-19(13-31)14-32-27-22(25)10-20(11-23(27)29)34-26(18-6-4-5-17(9-18)12-30)24-15-37(36-35-24)21-7-8-21/h4-6,9-11,14-15,21,26,34H,7-8,16H2,1-3H3,(H,32,33)/t26-/m0/s1/i26D. The van der Waals surface area contributed by atoms with Crippen molar-refractivity contribution in [2.45, 2.75) is 45.7 Å². The number of nitrogens with one attached hydrogen (secondary N) is 2. The largest absolute Gasteiger partial charge is 0.383 e. The van der Waals surface area contributed by atoms with Gasteiger partial charge in [-0.25, -0.2) is 4.68 Å².